The van der Waals surface area contributed by atoms with E-state index in [2.05, 4.69) is 57.2 Å². The number of hydrogen-bond donors (Lipinski definition) is 0. The summed E-state index contributed by atoms with van der Waals surface area (Å²) >= 11 is 0. The summed E-state index contributed by atoms with van der Waals surface area (Å²) in [5.41, 5.74) is 0. The molecule has 6 nitrogen and oxygen atoms in total. The molecule has 0 heterocycles. The topological polar surface area (TPSA) is 78.9 Å². The van der Waals surface area contributed by atoms with E-state index in [0.717, 1.165) is 64.2 Å². The van der Waals surface area contributed by atoms with Gasteiger partial charge in [0.2, 0.25) is 0 Å². The van der Waals surface area contributed by atoms with E-state index in [9.17, 15) is 14.4 Å². The molecule has 0 N–H and O–H groups in total. The third kappa shape index (κ3) is 58.5. The maximum absolute atomic E-state index is 12.9. The summed E-state index contributed by atoms with van der Waals surface area (Å²) in [6, 6.07) is 0. The van der Waals surface area contributed by atoms with E-state index >= 15 is 0 Å². The highest BCUT2D eigenvalue weighted by Crippen LogP contribution is 2.17. The molecule has 0 saturated carbocycles. The summed E-state index contributed by atoms with van der Waals surface area (Å²) in [6.07, 6.45) is 74.3. The van der Waals surface area contributed by atoms with Crippen LogP contribution < -0.4 is 0 Å². The average Bonchev–Trinajstić information content (AvgIpc) is 3.38. The van der Waals surface area contributed by atoms with Crippen molar-refractivity contribution in [3.63, 3.8) is 0 Å². The maximum Gasteiger partial charge on any atom is 0.306 e. The van der Waals surface area contributed by atoms with Gasteiger partial charge in [0.25, 0.3) is 0 Å². The molecule has 0 aliphatic carbocycles. The lowest BCUT2D eigenvalue weighted by atomic mass is 10.0. The van der Waals surface area contributed by atoms with Crippen LogP contribution >= 0.6 is 0 Å². The van der Waals surface area contributed by atoms with Gasteiger partial charge in [0.05, 0.1) is 0 Å². The second-order valence-electron chi connectivity index (χ2n) is 21.7. The van der Waals surface area contributed by atoms with Gasteiger partial charge < -0.3 is 14.2 Å². The van der Waals surface area contributed by atoms with Crippen LogP contribution in [0, 0.1) is 0 Å². The summed E-state index contributed by atoms with van der Waals surface area (Å²) in [7, 11) is 0. The lowest BCUT2D eigenvalue weighted by Crippen LogP contribution is -2.30. The van der Waals surface area contributed by atoms with Crippen LogP contribution in [-0.2, 0) is 28.6 Å². The Morgan fingerprint density at radius 2 is 0.500 bits per heavy atom. The number of rotatable bonds is 59. The van der Waals surface area contributed by atoms with Crippen molar-refractivity contribution < 1.29 is 28.6 Å². The maximum atomic E-state index is 12.9. The van der Waals surface area contributed by atoms with E-state index in [4.69, 9.17) is 14.2 Å². The molecule has 0 rings (SSSR count). The van der Waals surface area contributed by atoms with Crippen molar-refractivity contribution in [2.24, 2.45) is 0 Å². The molecule has 1 atom stereocenters. The van der Waals surface area contributed by atoms with Gasteiger partial charge in [-0.15, -0.1) is 0 Å². The van der Waals surface area contributed by atoms with Crippen LogP contribution in [0.2, 0.25) is 0 Å². The van der Waals surface area contributed by atoms with Gasteiger partial charge in [-0.05, 0) is 70.6 Å². The third-order valence-corrected chi connectivity index (χ3v) is 14.4. The summed E-state index contributed by atoms with van der Waals surface area (Å²) < 4.78 is 16.9. The molecule has 0 aliphatic heterocycles. The van der Waals surface area contributed by atoms with Crippen molar-refractivity contribution in [1.29, 1.82) is 0 Å². The first-order valence-corrected chi connectivity index (χ1v) is 32.0. The fourth-order valence-electron chi connectivity index (χ4n) is 9.55. The monoisotopic (exact) mass is 1010 g/mol. The molecule has 72 heavy (non-hydrogen) atoms. The van der Waals surface area contributed by atoms with E-state index in [1.165, 1.54) is 244 Å². The van der Waals surface area contributed by atoms with Crippen molar-refractivity contribution in [2.45, 2.75) is 354 Å². The van der Waals surface area contributed by atoms with Crippen molar-refractivity contribution in [2.75, 3.05) is 13.2 Å². The highest BCUT2D eigenvalue weighted by Gasteiger charge is 2.19. The van der Waals surface area contributed by atoms with E-state index < -0.39 is 6.10 Å². The Balaban J connectivity index is 4.34. The SMILES string of the molecule is CCCCC/C=C\C=C/CCCCCCCCCCCCC(=O)OCC(COC(=O)CCCCCCC/C=C\CCCCCCCCC)OC(=O)CCCCCCCCCCCCCCCCCCCCC. The first kappa shape index (κ1) is 69.6. The number of esters is 3. The Kier molecular flexibility index (Phi) is 59.2. The molecule has 0 saturated heterocycles. The fraction of sp³-hybridized carbons (Fsp3) is 0.864. The van der Waals surface area contributed by atoms with Crippen molar-refractivity contribution in [1.82, 2.24) is 0 Å². The highest BCUT2D eigenvalue weighted by atomic mass is 16.6. The Bertz CT molecular complexity index is 1210. The Morgan fingerprint density at radius 1 is 0.278 bits per heavy atom. The second kappa shape index (κ2) is 61.2. The molecule has 0 amide bonds. The third-order valence-electron chi connectivity index (χ3n) is 14.4. The average molecular weight is 1010 g/mol. The van der Waals surface area contributed by atoms with Crippen LogP contribution in [0.15, 0.2) is 36.5 Å². The molecule has 1 unspecified atom stereocenters. The lowest BCUT2D eigenvalue weighted by molar-refractivity contribution is -0.167. The number of allylic oxidation sites excluding steroid dienone is 6. The Morgan fingerprint density at radius 3 is 0.806 bits per heavy atom. The van der Waals surface area contributed by atoms with Gasteiger partial charge in [-0.2, -0.15) is 0 Å². The van der Waals surface area contributed by atoms with Gasteiger partial charge in [0, 0.05) is 19.3 Å². The van der Waals surface area contributed by atoms with Crippen LogP contribution in [0.25, 0.3) is 0 Å². The molecule has 0 spiro atoms. The van der Waals surface area contributed by atoms with E-state index in [1.807, 2.05) is 0 Å². The van der Waals surface area contributed by atoms with Gasteiger partial charge in [0.1, 0.15) is 13.2 Å². The van der Waals surface area contributed by atoms with Gasteiger partial charge in [0.15, 0.2) is 6.10 Å². The van der Waals surface area contributed by atoms with Crippen molar-refractivity contribution in [3.8, 4) is 0 Å². The smallest absolute Gasteiger partial charge is 0.306 e. The summed E-state index contributed by atoms with van der Waals surface area (Å²) in [5.74, 6) is -0.859. The lowest BCUT2D eigenvalue weighted by Gasteiger charge is -2.18. The van der Waals surface area contributed by atoms with E-state index in [-0.39, 0.29) is 31.1 Å². The minimum absolute atomic E-state index is 0.0724. The number of ether oxygens (including phenoxy) is 3. The van der Waals surface area contributed by atoms with Gasteiger partial charge in [-0.25, -0.2) is 0 Å². The van der Waals surface area contributed by atoms with Crippen molar-refractivity contribution >= 4 is 17.9 Å². The zero-order valence-electron chi connectivity index (χ0n) is 48.5. The molecule has 6 heteroatoms. The van der Waals surface area contributed by atoms with Gasteiger partial charge in [-0.1, -0.05) is 295 Å². The largest absolute Gasteiger partial charge is 0.462 e. The Labute approximate surface area is 448 Å². The summed E-state index contributed by atoms with van der Waals surface area (Å²) in [5, 5.41) is 0. The van der Waals surface area contributed by atoms with Crippen LogP contribution in [0.4, 0.5) is 0 Å². The minimum atomic E-state index is -0.775. The zero-order valence-corrected chi connectivity index (χ0v) is 48.5. The first-order chi connectivity index (χ1) is 35.5. The normalized spacial score (nSPS) is 12.2. The summed E-state index contributed by atoms with van der Waals surface area (Å²) in [6.45, 7) is 6.66. The first-order valence-electron chi connectivity index (χ1n) is 32.0. The van der Waals surface area contributed by atoms with Crippen LogP contribution in [0.5, 0.6) is 0 Å². The predicted molar refractivity (Wildman–Crippen MR) is 312 cm³/mol. The number of carbonyl (C=O) groups is 3. The molecular weight excluding hydrogens is 889 g/mol. The Hall–Kier alpha value is -2.37. The van der Waals surface area contributed by atoms with Crippen LogP contribution in [0.3, 0.4) is 0 Å². The predicted octanol–water partition coefficient (Wildman–Crippen LogP) is 21.6. The van der Waals surface area contributed by atoms with Crippen molar-refractivity contribution in [3.05, 3.63) is 36.5 Å². The van der Waals surface area contributed by atoms with E-state index in [0.29, 0.717) is 19.3 Å². The highest BCUT2D eigenvalue weighted by molar-refractivity contribution is 5.71. The molecule has 0 aliphatic rings. The second-order valence-corrected chi connectivity index (χ2v) is 21.7. The number of carbonyl (C=O) groups excluding carboxylic acids is 3. The standard InChI is InChI=1S/C66H122O6/c1-4-7-10-13-16-19-22-25-28-31-33-35-38-41-44-47-50-53-56-59-65(68)71-62-63(61-70-64(67)58-55-52-49-46-43-40-37-30-27-24-21-18-15-12-9-6-3)72-66(69)60-57-54-51-48-45-42-39-36-34-32-29-26-23-20-17-14-11-8-5-2/h16,19,22,25,30,37,63H,4-15,17-18,20-21,23-24,26-29,31-36,38-62H2,1-3H3/b19-16-,25-22-,37-30-. The fourth-order valence-corrected chi connectivity index (χ4v) is 9.55. The molecule has 0 fully saturated rings. The number of unbranched alkanes of at least 4 members (excludes halogenated alkanes) is 43. The molecule has 0 aromatic rings. The summed E-state index contributed by atoms with van der Waals surface area (Å²) in [4.78, 5) is 38.3. The van der Waals surface area contributed by atoms with Gasteiger partial charge >= 0.3 is 17.9 Å². The molecule has 0 bridgehead atoms. The molecule has 0 aromatic carbocycles. The zero-order chi connectivity index (χ0) is 52.2. The van der Waals surface area contributed by atoms with Gasteiger partial charge in [-0.3, -0.25) is 14.4 Å². The molecule has 0 radical (unpaired) electrons. The van der Waals surface area contributed by atoms with E-state index in [1.54, 1.807) is 0 Å². The van der Waals surface area contributed by atoms with Crippen LogP contribution in [0.1, 0.15) is 348 Å². The quantitative estimate of drug-likeness (QED) is 0.0199. The number of hydrogen-bond acceptors (Lipinski definition) is 6. The molecular formula is C66H122O6. The minimum Gasteiger partial charge on any atom is -0.462 e. The van der Waals surface area contributed by atoms with Crippen LogP contribution in [-0.4, -0.2) is 37.2 Å². The molecule has 0 aromatic heterocycles. The molecule has 422 valence electrons.